The van der Waals surface area contributed by atoms with Crippen molar-refractivity contribution in [1.82, 2.24) is 9.29 Å². The Morgan fingerprint density at radius 2 is 1.85 bits per heavy atom. The number of para-hydroxylation sites is 1. The first-order chi connectivity index (χ1) is 12.5. The van der Waals surface area contributed by atoms with Gasteiger partial charge in [-0.1, -0.05) is 24.3 Å². The number of benzene rings is 2. The average Bonchev–Trinajstić information content (AvgIpc) is 3.03. The lowest BCUT2D eigenvalue weighted by Crippen LogP contribution is -2.26. The van der Waals surface area contributed by atoms with E-state index in [1.807, 2.05) is 24.4 Å². The van der Waals surface area contributed by atoms with Gasteiger partial charge in [-0.05, 0) is 55.4 Å². The number of nitrogens with zero attached hydrogens (tertiary/aromatic N) is 1. The second-order valence-corrected chi connectivity index (χ2v) is 8.44. The fourth-order valence-electron chi connectivity index (χ4n) is 3.48. The Hall–Kier alpha value is -2.60. The standard InChI is InChI=1S/C20H19FN2O2S/c1-14-12-15(10-11-22-14)19-13-23(20-5-3-2-4-18(19)20)26(24,25)17-8-6-16(21)7-9-17/h2-11,13-15,22H,12H2,1H3. The van der Waals surface area contributed by atoms with Crippen molar-refractivity contribution in [3.63, 3.8) is 0 Å². The topological polar surface area (TPSA) is 51.1 Å². The molecule has 4 rings (SSSR count). The highest BCUT2D eigenvalue weighted by Crippen LogP contribution is 2.34. The van der Waals surface area contributed by atoms with E-state index in [1.165, 1.54) is 16.1 Å². The van der Waals surface area contributed by atoms with Gasteiger partial charge in [0.15, 0.2) is 0 Å². The SMILES string of the molecule is CC1CC(c2cn(S(=O)(=O)c3ccc(F)cc3)c3ccccc23)C=CN1. The first-order valence-electron chi connectivity index (χ1n) is 8.50. The lowest BCUT2D eigenvalue weighted by atomic mass is 9.90. The van der Waals surface area contributed by atoms with E-state index in [4.69, 9.17) is 0 Å². The third-order valence-electron chi connectivity index (χ3n) is 4.80. The molecular weight excluding hydrogens is 351 g/mol. The summed E-state index contributed by atoms with van der Waals surface area (Å²) in [4.78, 5) is 0.0698. The molecule has 0 saturated heterocycles. The largest absolute Gasteiger partial charge is 0.389 e. The van der Waals surface area contributed by atoms with E-state index < -0.39 is 15.8 Å². The molecular formula is C20H19FN2O2S. The van der Waals surface area contributed by atoms with Crippen molar-refractivity contribution in [3.8, 4) is 0 Å². The highest BCUT2D eigenvalue weighted by molar-refractivity contribution is 7.90. The molecule has 0 fully saturated rings. The molecule has 2 heterocycles. The number of halogens is 1. The number of rotatable bonds is 3. The summed E-state index contributed by atoms with van der Waals surface area (Å²) >= 11 is 0. The molecule has 2 aromatic carbocycles. The van der Waals surface area contributed by atoms with Gasteiger partial charge in [0.2, 0.25) is 0 Å². The van der Waals surface area contributed by atoms with Gasteiger partial charge in [0, 0.05) is 23.5 Å². The minimum absolute atomic E-state index is 0.0698. The molecule has 1 aromatic heterocycles. The van der Waals surface area contributed by atoms with Crippen molar-refractivity contribution >= 4 is 20.9 Å². The van der Waals surface area contributed by atoms with Gasteiger partial charge in [-0.15, -0.1) is 0 Å². The zero-order valence-electron chi connectivity index (χ0n) is 14.3. The normalized spacial score (nSPS) is 20.2. The molecule has 1 aliphatic heterocycles. The molecule has 0 amide bonds. The van der Waals surface area contributed by atoms with E-state index in [0.717, 1.165) is 29.5 Å². The van der Waals surface area contributed by atoms with Gasteiger partial charge in [0.1, 0.15) is 5.82 Å². The lowest BCUT2D eigenvalue weighted by Gasteiger charge is -2.23. The molecule has 0 spiro atoms. The van der Waals surface area contributed by atoms with Crippen LogP contribution in [0.1, 0.15) is 24.8 Å². The van der Waals surface area contributed by atoms with E-state index in [0.29, 0.717) is 11.6 Å². The molecule has 0 saturated carbocycles. The Kier molecular flexibility index (Phi) is 4.07. The fraction of sp³-hybridized carbons (Fsp3) is 0.200. The van der Waals surface area contributed by atoms with Gasteiger partial charge in [0.05, 0.1) is 10.4 Å². The zero-order chi connectivity index (χ0) is 18.3. The van der Waals surface area contributed by atoms with E-state index >= 15 is 0 Å². The van der Waals surface area contributed by atoms with Gasteiger partial charge >= 0.3 is 0 Å². The smallest absolute Gasteiger partial charge is 0.268 e. The van der Waals surface area contributed by atoms with E-state index in [9.17, 15) is 12.8 Å². The Morgan fingerprint density at radius 3 is 2.58 bits per heavy atom. The van der Waals surface area contributed by atoms with Crippen LogP contribution in [-0.4, -0.2) is 18.4 Å². The van der Waals surface area contributed by atoms with Crippen LogP contribution in [0.25, 0.3) is 10.9 Å². The Labute approximate surface area is 152 Å². The maximum absolute atomic E-state index is 13.2. The van der Waals surface area contributed by atoms with Crippen LogP contribution in [0.2, 0.25) is 0 Å². The first-order valence-corrected chi connectivity index (χ1v) is 9.94. The molecule has 2 unspecified atom stereocenters. The molecule has 0 bridgehead atoms. The second kappa shape index (κ2) is 6.29. The molecule has 6 heteroatoms. The molecule has 26 heavy (non-hydrogen) atoms. The van der Waals surface area contributed by atoms with Crippen LogP contribution < -0.4 is 5.32 Å². The van der Waals surface area contributed by atoms with Crippen LogP contribution in [-0.2, 0) is 10.0 Å². The van der Waals surface area contributed by atoms with Gasteiger partial charge in [-0.25, -0.2) is 16.8 Å². The summed E-state index contributed by atoms with van der Waals surface area (Å²) in [6, 6.07) is 12.7. The maximum Gasteiger partial charge on any atom is 0.268 e. The van der Waals surface area contributed by atoms with Crippen LogP contribution >= 0.6 is 0 Å². The molecule has 0 radical (unpaired) electrons. The molecule has 134 valence electrons. The number of aromatic nitrogens is 1. The van der Waals surface area contributed by atoms with E-state index in [1.54, 1.807) is 12.3 Å². The predicted octanol–water partition coefficient (Wildman–Crippen LogP) is 4.00. The number of nitrogens with one attached hydrogen (secondary N) is 1. The summed E-state index contributed by atoms with van der Waals surface area (Å²) < 4.78 is 40.8. The first kappa shape index (κ1) is 16.8. The number of fused-ring (bicyclic) bond motifs is 1. The minimum Gasteiger partial charge on any atom is -0.389 e. The van der Waals surface area contributed by atoms with Crippen LogP contribution in [0.4, 0.5) is 4.39 Å². The summed E-state index contributed by atoms with van der Waals surface area (Å²) in [7, 11) is -3.80. The van der Waals surface area contributed by atoms with Crippen molar-refractivity contribution in [1.29, 1.82) is 0 Å². The Balaban J connectivity index is 1.90. The van der Waals surface area contributed by atoms with E-state index in [-0.39, 0.29) is 10.8 Å². The number of hydrogen-bond donors (Lipinski definition) is 1. The molecule has 2 atom stereocenters. The van der Waals surface area contributed by atoms with E-state index in [2.05, 4.69) is 18.3 Å². The molecule has 4 nitrogen and oxygen atoms in total. The van der Waals surface area contributed by atoms with Crippen LogP contribution in [0.3, 0.4) is 0 Å². The van der Waals surface area contributed by atoms with Gasteiger partial charge in [0.25, 0.3) is 10.0 Å². The second-order valence-electron chi connectivity index (χ2n) is 6.63. The fourth-order valence-corrected chi connectivity index (χ4v) is 4.86. The maximum atomic E-state index is 13.2. The average molecular weight is 370 g/mol. The monoisotopic (exact) mass is 370 g/mol. The quantitative estimate of drug-likeness (QED) is 0.758. The summed E-state index contributed by atoms with van der Waals surface area (Å²) in [6.07, 6.45) is 6.59. The number of allylic oxidation sites excluding steroid dienone is 1. The highest BCUT2D eigenvalue weighted by Gasteiger charge is 2.25. The highest BCUT2D eigenvalue weighted by atomic mass is 32.2. The Bertz CT molecular complexity index is 1080. The van der Waals surface area contributed by atoms with Crippen molar-refractivity contribution < 1.29 is 12.8 Å². The van der Waals surface area contributed by atoms with Crippen LogP contribution in [0, 0.1) is 5.82 Å². The van der Waals surface area contributed by atoms with Crippen molar-refractivity contribution in [2.24, 2.45) is 0 Å². The third kappa shape index (κ3) is 2.80. The Morgan fingerprint density at radius 1 is 1.12 bits per heavy atom. The van der Waals surface area contributed by atoms with Gasteiger partial charge in [-0.2, -0.15) is 0 Å². The van der Waals surface area contributed by atoms with Crippen molar-refractivity contribution in [2.45, 2.75) is 30.2 Å². The van der Waals surface area contributed by atoms with Crippen LogP contribution in [0.5, 0.6) is 0 Å². The molecule has 1 aliphatic rings. The van der Waals surface area contributed by atoms with Gasteiger partial charge < -0.3 is 5.32 Å². The lowest BCUT2D eigenvalue weighted by molar-refractivity contribution is 0.529. The molecule has 3 aromatic rings. The minimum atomic E-state index is -3.80. The molecule has 1 N–H and O–H groups in total. The zero-order valence-corrected chi connectivity index (χ0v) is 15.1. The molecule has 0 aliphatic carbocycles. The summed E-state index contributed by atoms with van der Waals surface area (Å²) in [5.74, 6) is -0.323. The van der Waals surface area contributed by atoms with Crippen molar-refractivity contribution in [3.05, 3.63) is 78.4 Å². The van der Waals surface area contributed by atoms with Crippen LogP contribution in [0.15, 0.2) is 71.9 Å². The number of hydrogen-bond acceptors (Lipinski definition) is 3. The van der Waals surface area contributed by atoms with Crippen molar-refractivity contribution in [2.75, 3.05) is 0 Å². The predicted molar refractivity (Wildman–Crippen MR) is 100 cm³/mol. The third-order valence-corrected chi connectivity index (χ3v) is 6.48. The summed E-state index contributed by atoms with van der Waals surface area (Å²) in [5.41, 5.74) is 1.61. The summed E-state index contributed by atoms with van der Waals surface area (Å²) in [5, 5.41) is 4.18. The van der Waals surface area contributed by atoms with Gasteiger partial charge in [-0.3, -0.25) is 0 Å². The summed E-state index contributed by atoms with van der Waals surface area (Å²) in [6.45, 7) is 2.10.